The average molecular weight is 296 g/mol. The van der Waals surface area contributed by atoms with Crippen LogP contribution in [-0.4, -0.2) is 7.05 Å². The van der Waals surface area contributed by atoms with Crippen LogP contribution in [0.15, 0.2) is 36.4 Å². The van der Waals surface area contributed by atoms with E-state index in [4.69, 9.17) is 11.6 Å². The van der Waals surface area contributed by atoms with Crippen molar-refractivity contribution in [3.8, 4) is 0 Å². The highest BCUT2D eigenvalue weighted by Gasteiger charge is 2.14. The van der Waals surface area contributed by atoms with Crippen molar-refractivity contribution in [1.29, 1.82) is 0 Å². The highest BCUT2D eigenvalue weighted by molar-refractivity contribution is 6.30. The average Bonchev–Trinajstić information content (AvgIpc) is 2.41. The van der Waals surface area contributed by atoms with Crippen molar-refractivity contribution < 1.29 is 8.78 Å². The van der Waals surface area contributed by atoms with Crippen LogP contribution < -0.4 is 5.32 Å². The second-order valence-electron chi connectivity index (χ2n) is 4.79. The summed E-state index contributed by atoms with van der Waals surface area (Å²) in [6, 6.07) is 9.53. The molecule has 0 aliphatic heterocycles. The third-order valence-corrected chi connectivity index (χ3v) is 3.62. The fourth-order valence-corrected chi connectivity index (χ4v) is 2.28. The summed E-state index contributed by atoms with van der Waals surface area (Å²) in [5, 5.41) is 3.46. The predicted octanol–water partition coefficient (Wildman–Crippen LogP) is 4.43. The van der Waals surface area contributed by atoms with E-state index < -0.39 is 0 Å². The molecule has 0 aliphatic carbocycles. The van der Waals surface area contributed by atoms with Crippen molar-refractivity contribution in [2.24, 2.45) is 0 Å². The maximum Gasteiger partial charge on any atom is 0.127 e. The largest absolute Gasteiger partial charge is 0.313 e. The summed E-state index contributed by atoms with van der Waals surface area (Å²) in [6.45, 7) is 1.71. The molecule has 0 aromatic heterocycles. The minimum Gasteiger partial charge on any atom is -0.313 e. The van der Waals surface area contributed by atoms with Gasteiger partial charge in [-0.1, -0.05) is 29.8 Å². The van der Waals surface area contributed by atoms with Gasteiger partial charge in [-0.15, -0.1) is 0 Å². The minimum atomic E-state index is -0.342. The van der Waals surface area contributed by atoms with E-state index in [1.165, 1.54) is 12.1 Å². The Bertz CT molecular complexity index is 613. The van der Waals surface area contributed by atoms with E-state index in [1.807, 2.05) is 6.07 Å². The molecular weight excluding hydrogens is 280 g/mol. The van der Waals surface area contributed by atoms with Crippen molar-refractivity contribution in [1.82, 2.24) is 5.32 Å². The van der Waals surface area contributed by atoms with Gasteiger partial charge in [0.15, 0.2) is 0 Å². The SMILES string of the molecule is CNC(Cc1ccc(Cl)cc1F)c1ccc(C)c(F)c1. The number of aryl methyl sites for hydroxylation is 1. The number of halogens is 3. The maximum absolute atomic E-state index is 13.8. The van der Waals surface area contributed by atoms with Crippen molar-refractivity contribution in [2.75, 3.05) is 7.05 Å². The van der Waals surface area contributed by atoms with Crippen LogP contribution in [0.2, 0.25) is 5.02 Å². The molecular formula is C16H16ClF2N. The summed E-state index contributed by atoms with van der Waals surface area (Å²) in [6.07, 6.45) is 0.433. The summed E-state index contributed by atoms with van der Waals surface area (Å²) >= 11 is 5.74. The Morgan fingerprint density at radius 2 is 1.85 bits per heavy atom. The number of hydrogen-bond acceptors (Lipinski definition) is 1. The summed E-state index contributed by atoms with van der Waals surface area (Å²) in [5.41, 5.74) is 1.95. The molecule has 0 saturated heterocycles. The molecule has 1 atom stereocenters. The molecule has 20 heavy (non-hydrogen) atoms. The van der Waals surface area contributed by atoms with Gasteiger partial charge >= 0.3 is 0 Å². The van der Waals surface area contributed by atoms with Gasteiger partial charge in [0.1, 0.15) is 11.6 Å². The van der Waals surface area contributed by atoms with Crippen molar-refractivity contribution in [3.63, 3.8) is 0 Å². The third kappa shape index (κ3) is 3.35. The lowest BCUT2D eigenvalue weighted by Crippen LogP contribution is -2.19. The monoisotopic (exact) mass is 295 g/mol. The Labute approximate surface area is 122 Å². The molecule has 1 unspecified atom stereocenters. The van der Waals surface area contributed by atoms with Gasteiger partial charge in [0.05, 0.1) is 0 Å². The maximum atomic E-state index is 13.8. The first kappa shape index (κ1) is 14.9. The Morgan fingerprint density at radius 3 is 2.45 bits per heavy atom. The van der Waals surface area contributed by atoms with Gasteiger partial charge in [0, 0.05) is 11.1 Å². The fourth-order valence-electron chi connectivity index (χ4n) is 2.12. The van der Waals surface area contributed by atoms with Crippen LogP contribution >= 0.6 is 11.6 Å². The fraction of sp³-hybridized carbons (Fsp3) is 0.250. The molecule has 1 nitrogen and oxygen atoms in total. The number of benzene rings is 2. The molecule has 0 aliphatic rings. The summed E-state index contributed by atoms with van der Waals surface area (Å²) < 4.78 is 27.4. The van der Waals surface area contributed by atoms with E-state index in [0.29, 0.717) is 22.6 Å². The minimum absolute atomic E-state index is 0.152. The summed E-state index contributed by atoms with van der Waals surface area (Å²) in [5.74, 6) is -0.593. The molecule has 0 heterocycles. The van der Waals surface area contributed by atoms with Crippen LogP contribution in [0.4, 0.5) is 8.78 Å². The third-order valence-electron chi connectivity index (χ3n) is 3.39. The Hall–Kier alpha value is -1.45. The van der Waals surface area contributed by atoms with Gasteiger partial charge in [-0.25, -0.2) is 8.78 Å². The van der Waals surface area contributed by atoms with E-state index in [9.17, 15) is 8.78 Å². The molecule has 0 saturated carbocycles. The zero-order chi connectivity index (χ0) is 14.7. The molecule has 0 spiro atoms. The quantitative estimate of drug-likeness (QED) is 0.880. The van der Waals surface area contributed by atoms with E-state index in [2.05, 4.69) is 5.32 Å². The molecule has 106 valence electrons. The topological polar surface area (TPSA) is 12.0 Å². The molecule has 2 aromatic rings. The van der Waals surface area contributed by atoms with E-state index in [0.717, 1.165) is 5.56 Å². The lowest BCUT2D eigenvalue weighted by atomic mass is 9.97. The lowest BCUT2D eigenvalue weighted by molar-refractivity contribution is 0.548. The molecule has 2 aromatic carbocycles. The zero-order valence-corrected chi connectivity index (χ0v) is 12.1. The first-order chi connectivity index (χ1) is 9.51. The second kappa shape index (κ2) is 6.33. The van der Waals surface area contributed by atoms with Crippen molar-refractivity contribution in [2.45, 2.75) is 19.4 Å². The van der Waals surface area contributed by atoms with Crippen LogP contribution in [0, 0.1) is 18.6 Å². The molecule has 2 rings (SSSR count). The molecule has 1 N–H and O–H groups in total. The molecule has 0 amide bonds. The van der Waals surface area contributed by atoms with Crippen molar-refractivity contribution in [3.05, 3.63) is 69.7 Å². The summed E-state index contributed by atoms with van der Waals surface area (Å²) in [7, 11) is 1.77. The van der Waals surface area contributed by atoms with Gasteiger partial charge in [-0.2, -0.15) is 0 Å². The number of hydrogen-bond donors (Lipinski definition) is 1. The van der Waals surface area contributed by atoms with Crippen molar-refractivity contribution >= 4 is 11.6 Å². The van der Waals surface area contributed by atoms with Gasteiger partial charge in [0.25, 0.3) is 0 Å². The number of rotatable bonds is 4. The molecule has 0 radical (unpaired) electrons. The standard InChI is InChI=1S/C16H16ClF2N/c1-10-3-4-12(7-14(10)18)16(20-2)8-11-5-6-13(17)9-15(11)19/h3-7,9,16,20H,8H2,1-2H3. The van der Waals surface area contributed by atoms with Gasteiger partial charge in [-0.3, -0.25) is 0 Å². The highest BCUT2D eigenvalue weighted by atomic mass is 35.5. The van der Waals surface area contributed by atoms with Crippen LogP contribution in [0.3, 0.4) is 0 Å². The van der Waals surface area contributed by atoms with E-state index in [-0.39, 0.29) is 17.7 Å². The van der Waals surface area contributed by atoms with E-state index >= 15 is 0 Å². The van der Waals surface area contributed by atoms with Crippen LogP contribution in [0.1, 0.15) is 22.7 Å². The second-order valence-corrected chi connectivity index (χ2v) is 5.23. The van der Waals surface area contributed by atoms with E-state index in [1.54, 1.807) is 32.2 Å². The Balaban J connectivity index is 2.26. The van der Waals surface area contributed by atoms with Crippen LogP contribution in [0.25, 0.3) is 0 Å². The van der Waals surface area contributed by atoms with Gasteiger partial charge in [-0.05, 0) is 55.3 Å². The molecule has 4 heteroatoms. The predicted molar refractivity (Wildman–Crippen MR) is 78.1 cm³/mol. The first-order valence-corrected chi connectivity index (χ1v) is 6.76. The summed E-state index contributed by atoms with van der Waals surface area (Å²) in [4.78, 5) is 0. The number of likely N-dealkylation sites (N-methyl/N-ethyl adjacent to an activating group) is 1. The lowest BCUT2D eigenvalue weighted by Gasteiger charge is -2.18. The first-order valence-electron chi connectivity index (χ1n) is 6.38. The smallest absolute Gasteiger partial charge is 0.127 e. The van der Waals surface area contributed by atoms with Crippen LogP contribution in [-0.2, 0) is 6.42 Å². The zero-order valence-electron chi connectivity index (χ0n) is 11.4. The van der Waals surface area contributed by atoms with Gasteiger partial charge < -0.3 is 5.32 Å². The highest BCUT2D eigenvalue weighted by Crippen LogP contribution is 2.23. The van der Waals surface area contributed by atoms with Gasteiger partial charge in [0.2, 0.25) is 0 Å². The normalized spacial score (nSPS) is 12.4. The van der Waals surface area contributed by atoms with Crippen LogP contribution in [0.5, 0.6) is 0 Å². The molecule has 0 bridgehead atoms. The Kier molecular flexibility index (Phi) is 4.73. The Morgan fingerprint density at radius 1 is 1.10 bits per heavy atom. The molecule has 0 fully saturated rings. The number of nitrogens with one attached hydrogen (secondary N) is 1.